The molecule has 3 heterocycles. The van der Waals surface area contributed by atoms with E-state index in [1.807, 2.05) is 0 Å². The van der Waals surface area contributed by atoms with Gasteiger partial charge in [0.15, 0.2) is 6.23 Å². The van der Waals surface area contributed by atoms with E-state index in [-0.39, 0.29) is 10.6 Å². The van der Waals surface area contributed by atoms with E-state index in [1.165, 1.54) is 0 Å². The molecule has 3 rings (SSSR count). The average Bonchev–Trinajstić information content (AvgIpc) is 2.94. The Morgan fingerprint density at radius 1 is 1.45 bits per heavy atom. The molecule has 2 aromatic heterocycles. The highest BCUT2D eigenvalue weighted by Gasteiger charge is 2.44. The molecule has 0 amide bonds. The quantitative estimate of drug-likeness (QED) is 0.479. The van der Waals surface area contributed by atoms with Gasteiger partial charge in [0.1, 0.15) is 24.6 Å². The second-order valence-electron chi connectivity index (χ2n) is 4.29. The van der Waals surface area contributed by atoms with Crippen molar-refractivity contribution >= 4 is 11.2 Å². The Hall–Kier alpha value is -2.08. The standard InChI is InChI=1S/C9H10N4O7/c14-1-3-5(15)6(16)9(19-3)12-2-10-7-4(8(12)17)13(18)20-11-7/h2-3,5-6,9,14-16H,1H2/t3-,5+,6+,9-/m1/s1. The van der Waals surface area contributed by atoms with Gasteiger partial charge in [0, 0.05) is 0 Å². The molecule has 0 aliphatic carbocycles. The Morgan fingerprint density at radius 2 is 2.20 bits per heavy atom. The molecule has 1 saturated heterocycles. The normalized spacial score (nSPS) is 30.1. The summed E-state index contributed by atoms with van der Waals surface area (Å²) in [6, 6.07) is 0. The van der Waals surface area contributed by atoms with Gasteiger partial charge in [-0.3, -0.25) is 14.0 Å². The molecule has 0 saturated carbocycles. The van der Waals surface area contributed by atoms with Crippen LogP contribution in [0.15, 0.2) is 15.8 Å². The van der Waals surface area contributed by atoms with E-state index in [9.17, 15) is 20.2 Å². The zero-order chi connectivity index (χ0) is 14.4. The maximum Gasteiger partial charge on any atom is 0.347 e. The van der Waals surface area contributed by atoms with Crippen LogP contribution in [0.4, 0.5) is 0 Å². The summed E-state index contributed by atoms with van der Waals surface area (Å²) in [4.78, 5) is 15.7. The first-order valence-corrected chi connectivity index (χ1v) is 5.63. The van der Waals surface area contributed by atoms with E-state index in [4.69, 9.17) is 9.84 Å². The molecule has 11 nitrogen and oxygen atoms in total. The van der Waals surface area contributed by atoms with E-state index >= 15 is 0 Å². The highest BCUT2D eigenvalue weighted by molar-refractivity contribution is 5.62. The summed E-state index contributed by atoms with van der Waals surface area (Å²) in [5, 5.41) is 43.0. The fourth-order valence-electron chi connectivity index (χ4n) is 2.08. The van der Waals surface area contributed by atoms with Crippen molar-refractivity contribution in [2.24, 2.45) is 0 Å². The maximum absolute atomic E-state index is 12.1. The smallest absolute Gasteiger partial charge is 0.347 e. The topological polar surface area (TPSA) is 158 Å². The van der Waals surface area contributed by atoms with Crippen LogP contribution < -0.4 is 10.5 Å². The molecule has 11 heteroatoms. The molecule has 0 unspecified atom stereocenters. The predicted molar refractivity (Wildman–Crippen MR) is 58.0 cm³/mol. The molecule has 1 fully saturated rings. The van der Waals surface area contributed by atoms with Gasteiger partial charge in [-0.05, 0) is 4.90 Å². The number of nitrogens with zero attached hydrogens (tertiary/aromatic N) is 4. The van der Waals surface area contributed by atoms with E-state index in [1.54, 1.807) is 0 Å². The molecule has 3 N–H and O–H groups in total. The lowest BCUT2D eigenvalue weighted by Crippen LogP contribution is -2.38. The number of hydrogen-bond donors (Lipinski definition) is 3. The van der Waals surface area contributed by atoms with Gasteiger partial charge in [0.2, 0.25) is 0 Å². The van der Waals surface area contributed by atoms with E-state index in [0.717, 1.165) is 10.9 Å². The monoisotopic (exact) mass is 286 g/mol. The van der Waals surface area contributed by atoms with E-state index in [0.29, 0.717) is 0 Å². The van der Waals surface area contributed by atoms with Crippen LogP contribution in [-0.2, 0) is 4.74 Å². The van der Waals surface area contributed by atoms with Crippen LogP contribution in [0.2, 0.25) is 0 Å². The number of fused-ring (bicyclic) bond motifs is 1. The van der Waals surface area contributed by atoms with Crippen molar-refractivity contribution in [2.45, 2.75) is 24.5 Å². The second kappa shape index (κ2) is 4.49. The van der Waals surface area contributed by atoms with Gasteiger partial charge in [-0.2, -0.15) is 4.98 Å². The van der Waals surface area contributed by atoms with Gasteiger partial charge in [-0.25, -0.2) is 0 Å². The summed E-state index contributed by atoms with van der Waals surface area (Å²) in [7, 11) is 0. The Kier molecular flexibility index (Phi) is 2.90. The minimum atomic E-state index is -1.45. The third-order valence-electron chi connectivity index (χ3n) is 3.13. The Bertz CT molecular complexity index is 697. The molecule has 1 aliphatic rings. The minimum Gasteiger partial charge on any atom is -0.394 e. The summed E-state index contributed by atoms with van der Waals surface area (Å²) < 4.78 is 10.3. The second-order valence-corrected chi connectivity index (χ2v) is 4.29. The predicted octanol–water partition coefficient (Wildman–Crippen LogP) is -3.37. The average molecular weight is 286 g/mol. The van der Waals surface area contributed by atoms with E-state index < -0.39 is 42.2 Å². The first kappa shape index (κ1) is 12.9. The summed E-state index contributed by atoms with van der Waals surface area (Å²) in [6.07, 6.45) is -4.13. The minimum absolute atomic E-state index is 0.109. The van der Waals surface area contributed by atoms with Gasteiger partial charge in [-0.1, -0.05) is 0 Å². The Morgan fingerprint density at radius 3 is 2.85 bits per heavy atom. The number of ether oxygens (including phenoxy) is 1. The Balaban J connectivity index is 2.09. The molecule has 1 aliphatic heterocycles. The van der Waals surface area contributed by atoms with Gasteiger partial charge < -0.3 is 25.3 Å². The summed E-state index contributed by atoms with van der Waals surface area (Å²) in [6.45, 7) is -0.534. The van der Waals surface area contributed by atoms with Crippen molar-refractivity contribution in [3.63, 3.8) is 0 Å². The molecule has 20 heavy (non-hydrogen) atoms. The van der Waals surface area contributed by atoms with Crippen LogP contribution in [0, 0.1) is 5.21 Å². The Labute approximate surface area is 109 Å². The van der Waals surface area contributed by atoms with E-state index in [2.05, 4.69) is 14.8 Å². The molecule has 0 spiro atoms. The lowest BCUT2D eigenvalue weighted by molar-refractivity contribution is -0.782. The molecule has 0 radical (unpaired) electrons. The van der Waals surface area contributed by atoms with Crippen molar-refractivity contribution in [2.75, 3.05) is 6.61 Å². The number of aliphatic hydroxyl groups excluding tert-OH is 3. The summed E-state index contributed by atoms with van der Waals surface area (Å²) >= 11 is 0. The first-order chi connectivity index (χ1) is 9.54. The van der Waals surface area contributed by atoms with Crippen LogP contribution in [0.3, 0.4) is 0 Å². The third kappa shape index (κ3) is 1.68. The molecule has 0 bridgehead atoms. The SMILES string of the molecule is O=c1c2c(ncn1[C@@H]1O[C@H](CO)[C@H](O)[C@@H]1O)no[n+]2[O-]. The van der Waals surface area contributed by atoms with Gasteiger partial charge in [-0.15, -0.1) is 0 Å². The maximum atomic E-state index is 12.1. The fraction of sp³-hybridized carbons (Fsp3) is 0.556. The van der Waals surface area contributed by atoms with Crippen molar-refractivity contribution in [3.8, 4) is 0 Å². The highest BCUT2D eigenvalue weighted by Crippen LogP contribution is 2.28. The van der Waals surface area contributed by atoms with Crippen LogP contribution in [-0.4, -0.2) is 54.9 Å². The molecule has 2 aromatic rings. The van der Waals surface area contributed by atoms with Crippen LogP contribution in [0.25, 0.3) is 11.2 Å². The number of hydrogen-bond acceptors (Lipinski definition) is 9. The zero-order valence-corrected chi connectivity index (χ0v) is 9.86. The fourth-order valence-corrected chi connectivity index (χ4v) is 2.08. The van der Waals surface area contributed by atoms with Crippen LogP contribution in [0.1, 0.15) is 6.23 Å². The number of rotatable bonds is 2. The zero-order valence-electron chi connectivity index (χ0n) is 9.86. The highest BCUT2D eigenvalue weighted by atomic mass is 16.8. The number of aromatic nitrogens is 4. The number of aliphatic hydroxyl groups is 3. The molecular weight excluding hydrogens is 276 g/mol. The largest absolute Gasteiger partial charge is 0.394 e. The summed E-state index contributed by atoms with van der Waals surface area (Å²) in [5.41, 5.74) is -1.49. The summed E-state index contributed by atoms with van der Waals surface area (Å²) in [5.74, 6) is 0. The van der Waals surface area contributed by atoms with Gasteiger partial charge in [0.05, 0.1) is 11.8 Å². The van der Waals surface area contributed by atoms with Crippen molar-refractivity contribution in [1.29, 1.82) is 0 Å². The lowest BCUT2D eigenvalue weighted by atomic mass is 10.1. The van der Waals surface area contributed by atoms with Crippen molar-refractivity contribution in [1.82, 2.24) is 14.7 Å². The van der Waals surface area contributed by atoms with Gasteiger partial charge >= 0.3 is 16.7 Å². The molecule has 0 aromatic carbocycles. The first-order valence-electron chi connectivity index (χ1n) is 5.63. The van der Waals surface area contributed by atoms with Crippen molar-refractivity contribution < 1.29 is 29.6 Å². The molecule has 4 atom stereocenters. The van der Waals surface area contributed by atoms with Crippen molar-refractivity contribution in [3.05, 3.63) is 21.9 Å². The van der Waals surface area contributed by atoms with Crippen LogP contribution >= 0.6 is 0 Å². The third-order valence-corrected chi connectivity index (χ3v) is 3.13. The van der Waals surface area contributed by atoms with Crippen LogP contribution in [0.5, 0.6) is 0 Å². The van der Waals surface area contributed by atoms with Gasteiger partial charge in [0.25, 0.3) is 0 Å². The molecule has 108 valence electrons. The molecular formula is C9H10N4O7. The lowest BCUT2D eigenvalue weighted by Gasteiger charge is -2.16.